The molecule has 0 spiro atoms. The average Bonchev–Trinajstić information content (AvgIpc) is 2.63. The summed E-state index contributed by atoms with van der Waals surface area (Å²) in [6.45, 7) is 0.839. The van der Waals surface area contributed by atoms with Gasteiger partial charge in [-0.05, 0) is 24.6 Å². The highest BCUT2D eigenvalue weighted by atomic mass is 79.9. The maximum absolute atomic E-state index is 13.1. The number of nitrogens with one attached hydrogen (secondary N) is 1. The number of likely N-dealkylation sites (tertiary alicyclic amines) is 1. The molecule has 4 nitrogen and oxygen atoms in total. The normalized spacial score (nSPS) is 19.5. The van der Waals surface area contributed by atoms with E-state index in [-0.39, 0.29) is 6.03 Å². The Balaban J connectivity index is 2.03. The number of β-amino-alcohol motifs (C(OH)–C–C–N with tert-alkyl or cyclic N) is 1. The minimum atomic E-state index is -0.458. The zero-order valence-corrected chi connectivity index (χ0v) is 10.6. The minimum absolute atomic E-state index is 0.320. The van der Waals surface area contributed by atoms with Gasteiger partial charge in [-0.25, -0.2) is 9.18 Å². The Morgan fingerprint density at radius 3 is 2.88 bits per heavy atom. The number of carbonyl (C=O) groups is 1. The quantitative estimate of drug-likeness (QED) is 0.835. The molecule has 1 aromatic carbocycles. The summed E-state index contributed by atoms with van der Waals surface area (Å²) >= 11 is 3.15. The van der Waals surface area contributed by atoms with E-state index in [1.165, 1.54) is 17.0 Å². The second kappa shape index (κ2) is 5.01. The molecule has 2 amide bonds. The molecule has 17 heavy (non-hydrogen) atoms. The van der Waals surface area contributed by atoms with Gasteiger partial charge in [-0.15, -0.1) is 0 Å². The number of urea groups is 1. The van der Waals surface area contributed by atoms with E-state index in [0.29, 0.717) is 29.7 Å². The third-order valence-electron chi connectivity index (χ3n) is 2.56. The smallest absolute Gasteiger partial charge is 0.321 e. The molecule has 1 fully saturated rings. The van der Waals surface area contributed by atoms with Gasteiger partial charge in [-0.1, -0.05) is 15.9 Å². The Labute approximate surface area is 107 Å². The molecule has 1 heterocycles. The number of carbonyl (C=O) groups excluding carboxylic acids is 1. The number of halogens is 2. The van der Waals surface area contributed by atoms with Crippen LogP contribution in [0.1, 0.15) is 6.42 Å². The molecule has 1 saturated heterocycles. The summed E-state index contributed by atoms with van der Waals surface area (Å²) in [6.07, 6.45) is 0.125. The fourth-order valence-corrected chi connectivity index (χ4v) is 2.22. The highest BCUT2D eigenvalue weighted by Crippen LogP contribution is 2.19. The molecule has 0 radical (unpaired) electrons. The number of anilines is 1. The van der Waals surface area contributed by atoms with E-state index in [9.17, 15) is 14.3 Å². The molecular weight excluding hydrogens is 291 g/mol. The lowest BCUT2D eigenvalue weighted by molar-refractivity contribution is 0.176. The highest BCUT2D eigenvalue weighted by Gasteiger charge is 2.24. The summed E-state index contributed by atoms with van der Waals surface area (Å²) in [7, 11) is 0. The number of hydrogen-bond acceptors (Lipinski definition) is 2. The van der Waals surface area contributed by atoms with Crippen LogP contribution in [0.2, 0.25) is 0 Å². The fourth-order valence-electron chi connectivity index (χ4n) is 1.75. The fraction of sp³-hybridized carbons (Fsp3) is 0.364. The third kappa shape index (κ3) is 3.17. The van der Waals surface area contributed by atoms with Gasteiger partial charge in [-0.3, -0.25) is 0 Å². The first-order valence-electron chi connectivity index (χ1n) is 5.24. The Kier molecular flexibility index (Phi) is 3.63. The molecule has 1 aliphatic rings. The van der Waals surface area contributed by atoms with Crippen LogP contribution in [0.25, 0.3) is 0 Å². The van der Waals surface area contributed by atoms with Crippen molar-refractivity contribution in [3.63, 3.8) is 0 Å². The van der Waals surface area contributed by atoms with Crippen LogP contribution in [0.5, 0.6) is 0 Å². The molecule has 0 saturated carbocycles. The SMILES string of the molecule is O=C(Nc1cc(F)cc(Br)c1)N1CC[C@H](O)C1. The topological polar surface area (TPSA) is 52.6 Å². The molecule has 0 aliphatic carbocycles. The van der Waals surface area contributed by atoms with E-state index < -0.39 is 11.9 Å². The largest absolute Gasteiger partial charge is 0.391 e. The van der Waals surface area contributed by atoms with Crippen molar-refractivity contribution in [2.24, 2.45) is 0 Å². The van der Waals surface area contributed by atoms with Crippen molar-refractivity contribution in [3.05, 3.63) is 28.5 Å². The Bertz CT molecular complexity index is 421. The minimum Gasteiger partial charge on any atom is -0.391 e. The van der Waals surface area contributed by atoms with Crippen molar-refractivity contribution in [3.8, 4) is 0 Å². The molecule has 2 rings (SSSR count). The standard InChI is InChI=1S/C11H12BrFN2O2/c12-7-3-8(13)5-9(4-7)14-11(17)15-2-1-10(16)6-15/h3-5,10,16H,1-2,6H2,(H,14,17)/t10-/m0/s1. The highest BCUT2D eigenvalue weighted by molar-refractivity contribution is 9.10. The van der Waals surface area contributed by atoms with Gasteiger partial charge >= 0.3 is 6.03 Å². The second-order valence-corrected chi connectivity index (χ2v) is 4.89. The van der Waals surface area contributed by atoms with Crippen LogP contribution in [-0.4, -0.2) is 35.2 Å². The molecule has 0 unspecified atom stereocenters. The molecule has 0 bridgehead atoms. The van der Waals surface area contributed by atoms with Crippen LogP contribution in [-0.2, 0) is 0 Å². The summed E-state index contributed by atoms with van der Waals surface area (Å²) < 4.78 is 13.6. The van der Waals surface area contributed by atoms with Gasteiger partial charge < -0.3 is 15.3 Å². The Morgan fingerprint density at radius 1 is 1.53 bits per heavy atom. The van der Waals surface area contributed by atoms with Gasteiger partial charge in [0.1, 0.15) is 5.82 Å². The van der Waals surface area contributed by atoms with Gasteiger partial charge in [0.05, 0.1) is 6.10 Å². The van der Waals surface area contributed by atoms with Gasteiger partial charge in [0.25, 0.3) is 0 Å². The first-order valence-corrected chi connectivity index (χ1v) is 6.04. The zero-order valence-electron chi connectivity index (χ0n) is 8.99. The summed E-state index contributed by atoms with van der Waals surface area (Å²) in [4.78, 5) is 13.3. The molecule has 0 aromatic heterocycles. The van der Waals surface area contributed by atoms with Crippen molar-refractivity contribution in [1.82, 2.24) is 4.90 Å². The van der Waals surface area contributed by atoms with Crippen molar-refractivity contribution < 1.29 is 14.3 Å². The van der Waals surface area contributed by atoms with E-state index in [2.05, 4.69) is 21.2 Å². The molecule has 92 valence electrons. The number of hydrogen-bond donors (Lipinski definition) is 2. The number of aliphatic hydroxyl groups is 1. The molecule has 6 heteroatoms. The maximum atomic E-state index is 13.1. The van der Waals surface area contributed by atoms with E-state index in [4.69, 9.17) is 0 Å². The number of nitrogens with zero attached hydrogens (tertiary/aromatic N) is 1. The van der Waals surface area contributed by atoms with E-state index in [1.54, 1.807) is 6.07 Å². The van der Waals surface area contributed by atoms with E-state index in [0.717, 1.165) is 0 Å². The van der Waals surface area contributed by atoms with Crippen LogP contribution >= 0.6 is 15.9 Å². The van der Waals surface area contributed by atoms with Gasteiger partial charge in [0.15, 0.2) is 0 Å². The summed E-state index contributed by atoms with van der Waals surface area (Å²) in [5, 5.41) is 11.9. The predicted molar refractivity (Wildman–Crippen MR) is 65.3 cm³/mol. The number of amides is 2. The van der Waals surface area contributed by atoms with E-state index >= 15 is 0 Å². The van der Waals surface area contributed by atoms with Gasteiger partial charge in [-0.2, -0.15) is 0 Å². The molecular formula is C11H12BrFN2O2. The zero-order chi connectivity index (χ0) is 12.4. The molecule has 1 aliphatic heterocycles. The van der Waals surface area contributed by atoms with E-state index in [1.807, 2.05) is 0 Å². The molecule has 1 atom stereocenters. The van der Waals surface area contributed by atoms with Crippen LogP contribution < -0.4 is 5.32 Å². The summed E-state index contributed by atoms with van der Waals surface area (Å²) in [6, 6.07) is 3.86. The van der Waals surface area contributed by atoms with Crippen molar-refractivity contribution in [2.45, 2.75) is 12.5 Å². The van der Waals surface area contributed by atoms with Crippen LogP contribution in [0.4, 0.5) is 14.9 Å². The monoisotopic (exact) mass is 302 g/mol. The lowest BCUT2D eigenvalue weighted by Crippen LogP contribution is -2.33. The summed E-state index contributed by atoms with van der Waals surface area (Å²) in [5.41, 5.74) is 0.392. The van der Waals surface area contributed by atoms with Crippen LogP contribution in [0.15, 0.2) is 22.7 Å². The van der Waals surface area contributed by atoms with Gasteiger partial charge in [0, 0.05) is 23.2 Å². The first kappa shape index (κ1) is 12.3. The third-order valence-corrected chi connectivity index (χ3v) is 3.02. The Hall–Kier alpha value is -1.14. The van der Waals surface area contributed by atoms with Crippen molar-refractivity contribution in [2.75, 3.05) is 18.4 Å². The molecule has 2 N–H and O–H groups in total. The number of benzene rings is 1. The van der Waals surface area contributed by atoms with Crippen LogP contribution in [0.3, 0.4) is 0 Å². The lowest BCUT2D eigenvalue weighted by atomic mass is 10.3. The maximum Gasteiger partial charge on any atom is 0.321 e. The van der Waals surface area contributed by atoms with Crippen LogP contribution in [0, 0.1) is 5.82 Å². The summed E-state index contributed by atoms with van der Waals surface area (Å²) in [5.74, 6) is -0.420. The number of rotatable bonds is 1. The average molecular weight is 303 g/mol. The van der Waals surface area contributed by atoms with Crippen molar-refractivity contribution in [1.29, 1.82) is 0 Å². The second-order valence-electron chi connectivity index (χ2n) is 3.98. The number of aliphatic hydroxyl groups excluding tert-OH is 1. The predicted octanol–water partition coefficient (Wildman–Crippen LogP) is 2.19. The first-order chi connectivity index (χ1) is 8.04. The lowest BCUT2D eigenvalue weighted by Gasteiger charge is -2.16. The van der Waals surface area contributed by atoms with Crippen molar-refractivity contribution >= 4 is 27.6 Å². The molecule has 1 aromatic rings. The Morgan fingerprint density at radius 2 is 2.29 bits per heavy atom. The van der Waals surface area contributed by atoms with Gasteiger partial charge in [0.2, 0.25) is 0 Å².